The molecule has 1 atom stereocenters. The van der Waals surface area contributed by atoms with Gasteiger partial charge in [0.1, 0.15) is 5.78 Å². The minimum atomic E-state index is -0.192. The van der Waals surface area contributed by atoms with Crippen molar-refractivity contribution in [2.24, 2.45) is 11.8 Å². The van der Waals surface area contributed by atoms with E-state index in [1.165, 1.54) is 12.8 Å². The summed E-state index contributed by atoms with van der Waals surface area (Å²) in [5.41, 5.74) is 0. The van der Waals surface area contributed by atoms with Gasteiger partial charge in [-0.3, -0.25) is 9.69 Å². The van der Waals surface area contributed by atoms with E-state index in [1.54, 1.807) is 0 Å². The van der Waals surface area contributed by atoms with E-state index in [1.807, 2.05) is 6.92 Å². The van der Waals surface area contributed by atoms with Gasteiger partial charge in [-0.1, -0.05) is 12.8 Å². The fraction of sp³-hybridized carbons (Fsp3) is 0.929. The lowest BCUT2D eigenvalue weighted by molar-refractivity contribution is -0.124. The molecule has 0 aromatic heterocycles. The molecule has 1 saturated heterocycles. The maximum Gasteiger partial charge on any atom is 0.149 e. The smallest absolute Gasteiger partial charge is 0.149 e. The molecular formula is C14H25NO2. The van der Waals surface area contributed by atoms with Crippen molar-refractivity contribution >= 4 is 5.78 Å². The van der Waals surface area contributed by atoms with Gasteiger partial charge < -0.3 is 5.11 Å². The third-order valence-corrected chi connectivity index (χ3v) is 4.50. The predicted molar refractivity (Wildman–Crippen MR) is 67.8 cm³/mol. The molecule has 0 aromatic carbocycles. The standard InChI is InChI=1S/C14H25NO2/c1-11(16)12-6-8-15(9-7-12)10-14(17)13-4-2-3-5-13/h11-13,16H,2-10H2,1H3. The molecule has 1 aliphatic heterocycles. The Labute approximate surface area is 104 Å². The number of rotatable bonds is 4. The Kier molecular flexibility index (Phi) is 4.57. The zero-order valence-electron chi connectivity index (χ0n) is 10.9. The molecule has 0 spiro atoms. The fourth-order valence-corrected chi connectivity index (χ4v) is 3.19. The van der Waals surface area contributed by atoms with Gasteiger partial charge in [0.2, 0.25) is 0 Å². The molecule has 0 amide bonds. The van der Waals surface area contributed by atoms with E-state index in [2.05, 4.69) is 4.90 Å². The Bertz CT molecular complexity index is 251. The largest absolute Gasteiger partial charge is 0.393 e. The fourth-order valence-electron chi connectivity index (χ4n) is 3.19. The molecule has 3 nitrogen and oxygen atoms in total. The van der Waals surface area contributed by atoms with Crippen LogP contribution < -0.4 is 0 Å². The minimum Gasteiger partial charge on any atom is -0.393 e. The first-order valence-electron chi connectivity index (χ1n) is 7.10. The van der Waals surface area contributed by atoms with Crippen LogP contribution in [-0.4, -0.2) is 41.5 Å². The van der Waals surface area contributed by atoms with Gasteiger partial charge in [0.15, 0.2) is 0 Å². The summed E-state index contributed by atoms with van der Waals surface area (Å²) in [4.78, 5) is 14.3. The highest BCUT2D eigenvalue weighted by Crippen LogP contribution is 2.26. The molecule has 2 fully saturated rings. The summed E-state index contributed by atoms with van der Waals surface area (Å²) in [6.45, 7) is 4.49. The summed E-state index contributed by atoms with van der Waals surface area (Å²) in [7, 11) is 0. The van der Waals surface area contributed by atoms with Gasteiger partial charge in [0.25, 0.3) is 0 Å². The lowest BCUT2D eigenvalue weighted by atomic mass is 9.91. The number of Topliss-reactive ketones (excluding diaryl/α,β-unsaturated/α-hetero) is 1. The second-order valence-electron chi connectivity index (χ2n) is 5.80. The van der Waals surface area contributed by atoms with Crippen molar-refractivity contribution in [3.05, 3.63) is 0 Å². The van der Waals surface area contributed by atoms with E-state index in [0.29, 0.717) is 24.2 Å². The Morgan fingerprint density at radius 3 is 2.35 bits per heavy atom. The van der Waals surface area contributed by atoms with Crippen molar-refractivity contribution in [3.8, 4) is 0 Å². The number of likely N-dealkylation sites (tertiary alicyclic amines) is 1. The topological polar surface area (TPSA) is 40.5 Å². The Morgan fingerprint density at radius 2 is 1.82 bits per heavy atom. The molecule has 1 saturated carbocycles. The van der Waals surface area contributed by atoms with Crippen molar-refractivity contribution in [2.45, 2.75) is 51.6 Å². The number of hydrogen-bond acceptors (Lipinski definition) is 3. The van der Waals surface area contributed by atoms with Gasteiger partial charge in [-0.25, -0.2) is 0 Å². The molecule has 0 aromatic rings. The van der Waals surface area contributed by atoms with E-state index in [4.69, 9.17) is 0 Å². The third-order valence-electron chi connectivity index (χ3n) is 4.50. The number of ketones is 1. The highest BCUT2D eigenvalue weighted by atomic mass is 16.3. The quantitative estimate of drug-likeness (QED) is 0.814. The predicted octanol–water partition coefficient (Wildman–Crippen LogP) is 1.84. The minimum absolute atomic E-state index is 0.192. The number of piperidine rings is 1. The first-order valence-corrected chi connectivity index (χ1v) is 7.10. The van der Waals surface area contributed by atoms with E-state index in [-0.39, 0.29) is 6.10 Å². The van der Waals surface area contributed by atoms with Crippen LogP contribution >= 0.6 is 0 Å². The number of nitrogens with zero attached hydrogens (tertiary/aromatic N) is 1. The first-order chi connectivity index (χ1) is 8.16. The average Bonchev–Trinajstić information content (AvgIpc) is 2.83. The third kappa shape index (κ3) is 3.52. The van der Waals surface area contributed by atoms with Crippen LogP contribution in [0.3, 0.4) is 0 Å². The zero-order valence-corrected chi connectivity index (χ0v) is 10.9. The van der Waals surface area contributed by atoms with Crippen LogP contribution in [-0.2, 0) is 4.79 Å². The summed E-state index contributed by atoms with van der Waals surface area (Å²) in [5.74, 6) is 1.25. The summed E-state index contributed by atoms with van der Waals surface area (Å²) >= 11 is 0. The molecule has 2 aliphatic rings. The maximum atomic E-state index is 12.0. The van der Waals surface area contributed by atoms with Crippen molar-refractivity contribution in [3.63, 3.8) is 0 Å². The monoisotopic (exact) mass is 239 g/mol. The highest BCUT2D eigenvalue weighted by molar-refractivity contribution is 5.83. The van der Waals surface area contributed by atoms with E-state index in [0.717, 1.165) is 38.8 Å². The number of aliphatic hydroxyl groups is 1. The summed E-state index contributed by atoms with van der Waals surface area (Å²) in [5, 5.41) is 9.53. The molecule has 0 radical (unpaired) electrons. The molecule has 1 N–H and O–H groups in total. The number of hydrogen-bond donors (Lipinski definition) is 1. The van der Waals surface area contributed by atoms with Crippen LogP contribution in [0.2, 0.25) is 0 Å². The zero-order chi connectivity index (χ0) is 12.3. The van der Waals surface area contributed by atoms with Gasteiger partial charge in [-0.15, -0.1) is 0 Å². The van der Waals surface area contributed by atoms with Gasteiger partial charge in [-0.2, -0.15) is 0 Å². The molecule has 2 rings (SSSR count). The summed E-state index contributed by atoms with van der Waals surface area (Å²) in [6, 6.07) is 0. The second kappa shape index (κ2) is 5.96. The lowest BCUT2D eigenvalue weighted by Crippen LogP contribution is -2.40. The van der Waals surface area contributed by atoms with Gasteiger partial charge in [-0.05, 0) is 51.6 Å². The normalized spacial score (nSPS) is 26.2. The Balaban J connectivity index is 1.72. The second-order valence-corrected chi connectivity index (χ2v) is 5.80. The van der Waals surface area contributed by atoms with Crippen molar-refractivity contribution in [1.29, 1.82) is 0 Å². The summed E-state index contributed by atoms with van der Waals surface area (Å²) < 4.78 is 0. The van der Waals surface area contributed by atoms with E-state index in [9.17, 15) is 9.90 Å². The summed E-state index contributed by atoms with van der Waals surface area (Å²) in [6.07, 6.45) is 6.58. The number of carbonyl (C=O) groups is 1. The first kappa shape index (κ1) is 13.0. The molecular weight excluding hydrogens is 214 g/mol. The Morgan fingerprint density at radius 1 is 1.24 bits per heavy atom. The lowest BCUT2D eigenvalue weighted by Gasteiger charge is -2.33. The van der Waals surface area contributed by atoms with Gasteiger partial charge >= 0.3 is 0 Å². The van der Waals surface area contributed by atoms with Crippen LogP contribution in [0.15, 0.2) is 0 Å². The van der Waals surface area contributed by atoms with Crippen LogP contribution in [0.4, 0.5) is 0 Å². The SMILES string of the molecule is CC(O)C1CCN(CC(=O)C2CCCC2)CC1. The molecule has 1 unspecified atom stereocenters. The number of aliphatic hydroxyl groups excluding tert-OH is 1. The van der Waals surface area contributed by atoms with Gasteiger partial charge in [0.05, 0.1) is 12.6 Å². The molecule has 98 valence electrons. The maximum absolute atomic E-state index is 12.0. The van der Waals surface area contributed by atoms with Gasteiger partial charge in [0, 0.05) is 5.92 Å². The molecule has 17 heavy (non-hydrogen) atoms. The molecule has 0 bridgehead atoms. The molecule has 1 heterocycles. The van der Waals surface area contributed by atoms with Crippen LogP contribution in [0.1, 0.15) is 45.4 Å². The van der Waals surface area contributed by atoms with Crippen molar-refractivity contribution < 1.29 is 9.90 Å². The van der Waals surface area contributed by atoms with Crippen molar-refractivity contribution in [1.82, 2.24) is 4.90 Å². The number of carbonyl (C=O) groups excluding carboxylic acids is 1. The van der Waals surface area contributed by atoms with Crippen LogP contribution in [0.25, 0.3) is 0 Å². The van der Waals surface area contributed by atoms with Crippen LogP contribution in [0.5, 0.6) is 0 Å². The average molecular weight is 239 g/mol. The van der Waals surface area contributed by atoms with E-state index < -0.39 is 0 Å². The Hall–Kier alpha value is -0.410. The van der Waals surface area contributed by atoms with E-state index >= 15 is 0 Å². The molecule has 3 heteroatoms. The van der Waals surface area contributed by atoms with Crippen LogP contribution in [0, 0.1) is 11.8 Å². The van der Waals surface area contributed by atoms with Crippen molar-refractivity contribution in [2.75, 3.05) is 19.6 Å². The molecule has 1 aliphatic carbocycles. The highest BCUT2D eigenvalue weighted by Gasteiger charge is 2.27.